The zero-order valence-corrected chi connectivity index (χ0v) is 9.86. The van der Waals surface area contributed by atoms with Crippen LogP contribution >= 0.6 is 0 Å². The Hall–Kier alpha value is -3.16. The lowest BCUT2D eigenvalue weighted by Crippen LogP contribution is -2.34. The average molecular weight is 270 g/mol. The van der Waals surface area contributed by atoms with Crippen LogP contribution in [-0.2, 0) is 4.74 Å². The Kier molecular flexibility index (Phi) is 1.97. The first-order valence-corrected chi connectivity index (χ1v) is 5.67. The Morgan fingerprint density at radius 2 is 2.15 bits per heavy atom. The van der Waals surface area contributed by atoms with Crippen molar-refractivity contribution < 1.29 is 14.3 Å². The number of ether oxygens (including phenoxy) is 2. The van der Waals surface area contributed by atoms with Gasteiger partial charge in [-0.05, 0) is 12.1 Å². The second-order valence-corrected chi connectivity index (χ2v) is 4.16. The molecule has 20 heavy (non-hydrogen) atoms. The zero-order chi connectivity index (χ0) is 13.7. The fraction of sp³-hybridized carbons (Fsp3) is 0. The summed E-state index contributed by atoms with van der Waals surface area (Å²) in [6.45, 7) is 0. The maximum absolute atomic E-state index is 12.3. The van der Waals surface area contributed by atoms with Gasteiger partial charge in [-0.2, -0.15) is 0 Å². The number of carbonyl (C=O) groups is 1. The van der Waals surface area contributed by atoms with Crippen LogP contribution in [0.2, 0.25) is 0 Å². The van der Waals surface area contributed by atoms with E-state index in [1.807, 2.05) is 0 Å². The quantitative estimate of drug-likeness (QED) is 0.746. The van der Waals surface area contributed by atoms with E-state index in [4.69, 9.17) is 9.47 Å². The SMILES string of the molecule is O=C1c2cc3nn[nH]c(=O)c3cc2OC2=COC=CN12. The molecule has 98 valence electrons. The summed E-state index contributed by atoms with van der Waals surface area (Å²) in [4.78, 5) is 25.3. The lowest BCUT2D eigenvalue weighted by Gasteiger charge is -2.28. The normalized spacial score (nSPS) is 16.1. The van der Waals surface area contributed by atoms with Gasteiger partial charge in [-0.25, -0.2) is 10.00 Å². The monoisotopic (exact) mass is 270 g/mol. The van der Waals surface area contributed by atoms with E-state index in [-0.39, 0.29) is 17.5 Å². The molecule has 0 aliphatic carbocycles. The number of benzene rings is 1. The molecule has 1 amide bonds. The molecule has 4 rings (SSSR count). The van der Waals surface area contributed by atoms with Crippen LogP contribution in [0.4, 0.5) is 0 Å². The number of hydrogen-bond donors (Lipinski definition) is 1. The van der Waals surface area contributed by atoms with Crippen LogP contribution < -0.4 is 10.3 Å². The topological polar surface area (TPSA) is 97.4 Å². The summed E-state index contributed by atoms with van der Waals surface area (Å²) < 4.78 is 10.5. The van der Waals surface area contributed by atoms with Crippen LogP contribution in [-0.4, -0.2) is 26.2 Å². The van der Waals surface area contributed by atoms with Crippen molar-refractivity contribution in [3.63, 3.8) is 0 Å². The van der Waals surface area contributed by atoms with Gasteiger partial charge in [0.05, 0.1) is 17.1 Å². The van der Waals surface area contributed by atoms with Crippen molar-refractivity contribution in [1.82, 2.24) is 20.3 Å². The molecular weight excluding hydrogens is 264 g/mol. The number of hydrogen-bond acceptors (Lipinski definition) is 6. The van der Waals surface area contributed by atoms with Gasteiger partial charge in [-0.3, -0.25) is 9.59 Å². The largest absolute Gasteiger partial charge is 0.465 e. The molecule has 3 heterocycles. The van der Waals surface area contributed by atoms with E-state index in [0.717, 1.165) is 0 Å². The van der Waals surface area contributed by atoms with Gasteiger partial charge in [-0.15, -0.1) is 5.10 Å². The maximum Gasteiger partial charge on any atom is 0.275 e. The molecule has 1 N–H and O–H groups in total. The van der Waals surface area contributed by atoms with Gasteiger partial charge in [0.15, 0.2) is 6.26 Å². The van der Waals surface area contributed by atoms with E-state index < -0.39 is 5.56 Å². The Morgan fingerprint density at radius 1 is 1.25 bits per heavy atom. The molecule has 0 saturated carbocycles. The lowest BCUT2D eigenvalue weighted by atomic mass is 10.1. The van der Waals surface area contributed by atoms with Gasteiger partial charge < -0.3 is 9.47 Å². The first-order valence-electron chi connectivity index (χ1n) is 5.67. The van der Waals surface area contributed by atoms with Crippen molar-refractivity contribution in [3.05, 3.63) is 52.7 Å². The van der Waals surface area contributed by atoms with Crippen LogP contribution in [0.1, 0.15) is 10.4 Å². The number of rotatable bonds is 0. The fourth-order valence-corrected chi connectivity index (χ4v) is 2.08. The second-order valence-electron chi connectivity index (χ2n) is 4.16. The van der Waals surface area contributed by atoms with Gasteiger partial charge in [0.2, 0.25) is 5.88 Å². The number of aromatic nitrogens is 3. The first-order chi connectivity index (χ1) is 9.74. The van der Waals surface area contributed by atoms with Crippen LogP contribution in [0.3, 0.4) is 0 Å². The van der Waals surface area contributed by atoms with Gasteiger partial charge in [0.25, 0.3) is 11.5 Å². The Labute approximate surface area is 110 Å². The molecule has 2 aromatic rings. The van der Waals surface area contributed by atoms with E-state index in [2.05, 4.69) is 15.4 Å². The van der Waals surface area contributed by atoms with Crippen LogP contribution in [0.15, 0.2) is 41.5 Å². The molecule has 2 aliphatic heterocycles. The number of amides is 1. The highest BCUT2D eigenvalue weighted by Crippen LogP contribution is 2.33. The molecule has 8 nitrogen and oxygen atoms in total. The molecule has 0 radical (unpaired) electrons. The standard InChI is InChI=1S/C12H6N4O4/c17-11-6-4-9-7(3-8(6)13-15-14-11)12(18)16-1-2-19-5-10(16)20-9/h1-5H,(H,13,14,17). The fourth-order valence-electron chi connectivity index (χ4n) is 2.08. The molecule has 0 spiro atoms. The summed E-state index contributed by atoms with van der Waals surface area (Å²) in [5.41, 5.74) is 0.236. The number of aromatic amines is 1. The Bertz CT molecular complexity index is 867. The van der Waals surface area contributed by atoms with Crippen molar-refractivity contribution in [2.45, 2.75) is 0 Å². The smallest absolute Gasteiger partial charge is 0.275 e. The van der Waals surface area contributed by atoms with Crippen LogP contribution in [0.25, 0.3) is 10.9 Å². The highest BCUT2D eigenvalue weighted by Gasteiger charge is 2.31. The molecule has 0 bridgehead atoms. The third kappa shape index (κ3) is 1.35. The highest BCUT2D eigenvalue weighted by atomic mass is 16.5. The molecule has 0 saturated heterocycles. The predicted octanol–water partition coefficient (Wildman–Crippen LogP) is 0.453. The van der Waals surface area contributed by atoms with Crippen molar-refractivity contribution in [3.8, 4) is 5.75 Å². The summed E-state index contributed by atoms with van der Waals surface area (Å²) in [5, 5.41) is 9.80. The molecule has 8 heteroatoms. The molecule has 0 atom stereocenters. The van der Waals surface area contributed by atoms with E-state index in [9.17, 15) is 9.59 Å². The minimum Gasteiger partial charge on any atom is -0.465 e. The Morgan fingerprint density at radius 3 is 3.05 bits per heavy atom. The van der Waals surface area contributed by atoms with Crippen molar-refractivity contribution in [1.29, 1.82) is 0 Å². The Balaban J connectivity index is 1.99. The minimum atomic E-state index is -0.398. The zero-order valence-electron chi connectivity index (χ0n) is 9.86. The summed E-state index contributed by atoms with van der Waals surface area (Å²) >= 11 is 0. The van der Waals surface area contributed by atoms with Crippen LogP contribution in [0.5, 0.6) is 5.75 Å². The maximum atomic E-state index is 12.3. The van der Waals surface area contributed by atoms with Gasteiger partial charge in [0, 0.05) is 0 Å². The van der Waals surface area contributed by atoms with Gasteiger partial charge in [0.1, 0.15) is 17.5 Å². The molecule has 1 aromatic heterocycles. The first kappa shape index (κ1) is 10.7. The summed E-state index contributed by atoms with van der Waals surface area (Å²) in [6, 6.07) is 2.95. The number of carbonyl (C=O) groups excluding carboxylic acids is 1. The summed E-state index contributed by atoms with van der Waals surface area (Å²) in [5.74, 6) is 0.228. The second kappa shape index (κ2) is 3.67. The minimum absolute atomic E-state index is 0.239. The van der Waals surface area contributed by atoms with Crippen molar-refractivity contribution in [2.75, 3.05) is 0 Å². The number of nitrogens with zero attached hydrogens (tertiary/aromatic N) is 3. The third-order valence-electron chi connectivity index (χ3n) is 3.01. The highest BCUT2D eigenvalue weighted by molar-refractivity contribution is 6.03. The van der Waals surface area contributed by atoms with Crippen LogP contribution in [0, 0.1) is 0 Å². The molecule has 0 fully saturated rings. The lowest BCUT2D eigenvalue weighted by molar-refractivity contribution is 0.0742. The third-order valence-corrected chi connectivity index (χ3v) is 3.01. The molecule has 1 aromatic carbocycles. The molecular formula is C12H6N4O4. The van der Waals surface area contributed by atoms with E-state index in [1.165, 1.54) is 35.8 Å². The molecule has 0 unspecified atom stereocenters. The van der Waals surface area contributed by atoms with Crippen molar-refractivity contribution >= 4 is 16.8 Å². The van der Waals surface area contributed by atoms with Crippen molar-refractivity contribution in [2.24, 2.45) is 0 Å². The number of nitrogens with one attached hydrogen (secondary N) is 1. The predicted molar refractivity (Wildman–Crippen MR) is 65.3 cm³/mol. The number of H-pyrrole nitrogens is 1. The van der Waals surface area contributed by atoms with E-state index in [1.54, 1.807) is 0 Å². The van der Waals surface area contributed by atoms with E-state index in [0.29, 0.717) is 16.5 Å². The van der Waals surface area contributed by atoms with Gasteiger partial charge >= 0.3 is 0 Å². The average Bonchev–Trinajstić information content (AvgIpc) is 2.47. The summed E-state index contributed by atoms with van der Waals surface area (Å²) in [7, 11) is 0. The number of fused-ring (bicyclic) bond motifs is 3. The summed E-state index contributed by atoms with van der Waals surface area (Å²) in [6.07, 6.45) is 4.12. The van der Waals surface area contributed by atoms with E-state index >= 15 is 0 Å². The van der Waals surface area contributed by atoms with Gasteiger partial charge in [-0.1, -0.05) is 5.21 Å². The molecule has 2 aliphatic rings.